The van der Waals surface area contributed by atoms with Gasteiger partial charge in [-0.05, 0) is 11.8 Å². The SMILES string of the molecule is CC(C)NC1CC(Cl)C1(C)C. The quantitative estimate of drug-likeness (QED) is 0.636. The maximum atomic E-state index is 6.08. The van der Waals surface area contributed by atoms with Crippen LogP contribution in [0.15, 0.2) is 0 Å². The zero-order chi connectivity index (χ0) is 8.65. The van der Waals surface area contributed by atoms with Crippen LogP contribution in [0.1, 0.15) is 34.1 Å². The zero-order valence-corrected chi connectivity index (χ0v) is 8.57. The summed E-state index contributed by atoms with van der Waals surface area (Å²) in [5.41, 5.74) is 0.284. The van der Waals surface area contributed by atoms with E-state index < -0.39 is 0 Å². The highest BCUT2D eigenvalue weighted by atomic mass is 35.5. The number of halogens is 1. The number of hydrogen-bond acceptors (Lipinski definition) is 1. The monoisotopic (exact) mass is 175 g/mol. The van der Waals surface area contributed by atoms with Gasteiger partial charge in [-0.3, -0.25) is 0 Å². The summed E-state index contributed by atoms with van der Waals surface area (Å²) in [4.78, 5) is 0. The Morgan fingerprint density at radius 1 is 1.45 bits per heavy atom. The van der Waals surface area contributed by atoms with Crippen LogP contribution in [-0.4, -0.2) is 17.5 Å². The van der Waals surface area contributed by atoms with E-state index in [9.17, 15) is 0 Å². The lowest BCUT2D eigenvalue weighted by Crippen LogP contribution is -2.59. The Morgan fingerprint density at radius 3 is 2.27 bits per heavy atom. The van der Waals surface area contributed by atoms with Crippen molar-refractivity contribution < 1.29 is 0 Å². The molecule has 1 saturated carbocycles. The molecule has 0 aromatic rings. The summed E-state index contributed by atoms with van der Waals surface area (Å²) >= 11 is 6.08. The Balaban J connectivity index is 2.40. The molecular weight excluding hydrogens is 158 g/mol. The molecule has 1 aliphatic carbocycles. The van der Waals surface area contributed by atoms with Gasteiger partial charge in [0, 0.05) is 17.5 Å². The second kappa shape index (κ2) is 2.95. The lowest BCUT2D eigenvalue weighted by atomic mass is 9.66. The molecule has 0 bridgehead atoms. The first-order chi connectivity index (χ1) is 4.94. The Kier molecular flexibility index (Phi) is 2.50. The minimum atomic E-state index is 0.284. The van der Waals surface area contributed by atoms with E-state index in [1.807, 2.05) is 0 Å². The van der Waals surface area contributed by atoms with Crippen LogP contribution in [0.4, 0.5) is 0 Å². The maximum Gasteiger partial charge on any atom is 0.0416 e. The standard InChI is InChI=1S/C9H18ClN/c1-6(2)11-8-5-7(10)9(8,3)4/h6-8,11H,5H2,1-4H3. The normalized spacial score (nSPS) is 35.5. The molecule has 2 heteroatoms. The Labute approximate surface area is 74.5 Å². The van der Waals surface area contributed by atoms with Gasteiger partial charge in [0.15, 0.2) is 0 Å². The van der Waals surface area contributed by atoms with Gasteiger partial charge in [0.25, 0.3) is 0 Å². The van der Waals surface area contributed by atoms with Crippen LogP contribution in [0.3, 0.4) is 0 Å². The first-order valence-corrected chi connectivity index (χ1v) is 4.78. The van der Waals surface area contributed by atoms with Crippen molar-refractivity contribution in [2.45, 2.75) is 51.6 Å². The lowest BCUT2D eigenvalue weighted by molar-refractivity contribution is 0.109. The van der Waals surface area contributed by atoms with E-state index in [-0.39, 0.29) is 5.41 Å². The summed E-state index contributed by atoms with van der Waals surface area (Å²) in [6.07, 6.45) is 1.12. The molecule has 0 heterocycles. The first-order valence-electron chi connectivity index (χ1n) is 4.34. The smallest absolute Gasteiger partial charge is 0.0416 e. The van der Waals surface area contributed by atoms with E-state index in [0.29, 0.717) is 17.5 Å². The molecule has 0 saturated heterocycles. The second-order valence-corrected chi connectivity index (χ2v) is 4.93. The van der Waals surface area contributed by atoms with Gasteiger partial charge in [0.05, 0.1) is 0 Å². The predicted octanol–water partition coefficient (Wildman–Crippen LogP) is 2.39. The van der Waals surface area contributed by atoms with Gasteiger partial charge in [0.2, 0.25) is 0 Å². The van der Waals surface area contributed by atoms with Crippen molar-refractivity contribution in [3.8, 4) is 0 Å². The van der Waals surface area contributed by atoms with Crippen molar-refractivity contribution in [3.05, 3.63) is 0 Å². The minimum absolute atomic E-state index is 0.284. The molecule has 1 N–H and O–H groups in total. The number of alkyl halides is 1. The summed E-state index contributed by atoms with van der Waals surface area (Å²) in [5.74, 6) is 0. The van der Waals surface area contributed by atoms with Crippen LogP contribution in [0, 0.1) is 5.41 Å². The molecule has 66 valence electrons. The summed E-state index contributed by atoms with van der Waals surface area (Å²) in [6.45, 7) is 8.82. The van der Waals surface area contributed by atoms with Crippen LogP contribution in [0.5, 0.6) is 0 Å². The Morgan fingerprint density at radius 2 is 2.00 bits per heavy atom. The van der Waals surface area contributed by atoms with Crippen LogP contribution < -0.4 is 5.32 Å². The molecule has 0 amide bonds. The molecule has 2 atom stereocenters. The van der Waals surface area contributed by atoms with Gasteiger partial charge >= 0.3 is 0 Å². The van der Waals surface area contributed by atoms with Crippen LogP contribution in [0.25, 0.3) is 0 Å². The highest BCUT2D eigenvalue weighted by Crippen LogP contribution is 2.44. The van der Waals surface area contributed by atoms with E-state index in [1.54, 1.807) is 0 Å². The van der Waals surface area contributed by atoms with Crippen molar-refractivity contribution in [2.75, 3.05) is 0 Å². The molecule has 0 aromatic heterocycles. The van der Waals surface area contributed by atoms with Crippen molar-refractivity contribution in [3.63, 3.8) is 0 Å². The van der Waals surface area contributed by atoms with E-state index in [1.165, 1.54) is 0 Å². The highest BCUT2D eigenvalue weighted by Gasteiger charge is 2.46. The maximum absolute atomic E-state index is 6.08. The molecule has 0 radical (unpaired) electrons. The largest absolute Gasteiger partial charge is 0.311 e. The third kappa shape index (κ3) is 1.70. The van der Waals surface area contributed by atoms with E-state index in [2.05, 4.69) is 33.0 Å². The number of rotatable bonds is 2. The third-order valence-corrected chi connectivity index (χ3v) is 3.42. The van der Waals surface area contributed by atoms with Gasteiger partial charge in [-0.1, -0.05) is 27.7 Å². The van der Waals surface area contributed by atoms with Crippen LogP contribution in [-0.2, 0) is 0 Å². The van der Waals surface area contributed by atoms with Crippen molar-refractivity contribution in [2.24, 2.45) is 5.41 Å². The van der Waals surface area contributed by atoms with Gasteiger partial charge in [0.1, 0.15) is 0 Å². The van der Waals surface area contributed by atoms with Crippen LogP contribution in [0.2, 0.25) is 0 Å². The van der Waals surface area contributed by atoms with Gasteiger partial charge in [-0.25, -0.2) is 0 Å². The first kappa shape index (κ1) is 9.34. The third-order valence-electron chi connectivity index (χ3n) is 2.68. The average molecular weight is 176 g/mol. The molecule has 0 aromatic carbocycles. The topological polar surface area (TPSA) is 12.0 Å². The Bertz CT molecular complexity index is 142. The van der Waals surface area contributed by atoms with Crippen molar-refractivity contribution in [1.29, 1.82) is 0 Å². The molecule has 0 aliphatic heterocycles. The molecule has 1 fully saturated rings. The number of hydrogen-bond donors (Lipinski definition) is 1. The zero-order valence-electron chi connectivity index (χ0n) is 7.82. The second-order valence-electron chi connectivity index (χ2n) is 4.40. The summed E-state index contributed by atoms with van der Waals surface area (Å²) in [7, 11) is 0. The fourth-order valence-corrected chi connectivity index (χ4v) is 1.89. The lowest BCUT2D eigenvalue weighted by Gasteiger charge is -2.50. The predicted molar refractivity (Wildman–Crippen MR) is 50.1 cm³/mol. The number of nitrogens with one attached hydrogen (secondary N) is 1. The van der Waals surface area contributed by atoms with Crippen molar-refractivity contribution in [1.82, 2.24) is 5.32 Å². The van der Waals surface area contributed by atoms with Gasteiger partial charge < -0.3 is 5.32 Å². The van der Waals surface area contributed by atoms with Crippen LogP contribution >= 0.6 is 11.6 Å². The molecular formula is C9H18ClN. The molecule has 1 aliphatic rings. The van der Waals surface area contributed by atoms with Crippen molar-refractivity contribution >= 4 is 11.6 Å². The van der Waals surface area contributed by atoms with E-state index in [4.69, 9.17) is 11.6 Å². The fraction of sp³-hybridized carbons (Fsp3) is 1.00. The summed E-state index contributed by atoms with van der Waals surface area (Å²) in [6, 6.07) is 1.19. The molecule has 1 nitrogen and oxygen atoms in total. The highest BCUT2D eigenvalue weighted by molar-refractivity contribution is 6.21. The summed E-state index contributed by atoms with van der Waals surface area (Å²) in [5, 5.41) is 3.88. The molecule has 2 unspecified atom stereocenters. The molecule has 1 rings (SSSR count). The molecule has 11 heavy (non-hydrogen) atoms. The minimum Gasteiger partial charge on any atom is -0.311 e. The van der Waals surface area contributed by atoms with Gasteiger partial charge in [-0.2, -0.15) is 0 Å². The fourth-order valence-electron chi connectivity index (χ4n) is 1.56. The average Bonchev–Trinajstić information content (AvgIpc) is 1.87. The summed E-state index contributed by atoms with van der Waals surface area (Å²) < 4.78 is 0. The van der Waals surface area contributed by atoms with E-state index >= 15 is 0 Å². The molecule has 0 spiro atoms. The van der Waals surface area contributed by atoms with Gasteiger partial charge in [-0.15, -0.1) is 11.6 Å². The van der Waals surface area contributed by atoms with E-state index in [0.717, 1.165) is 6.42 Å². The Hall–Kier alpha value is 0.250.